The number of carbonyl (C=O) groups is 1. The van der Waals surface area contributed by atoms with Crippen LogP contribution in [-0.2, 0) is 4.79 Å². The lowest BCUT2D eigenvalue weighted by Gasteiger charge is -2.30. The Morgan fingerprint density at radius 3 is 2.52 bits per heavy atom. The van der Waals surface area contributed by atoms with Gasteiger partial charge in [0.05, 0.1) is 0 Å². The van der Waals surface area contributed by atoms with Crippen molar-refractivity contribution >= 4 is 30.1 Å². The Kier molecular flexibility index (Phi) is 6.74. The number of rotatable bonds is 5. The maximum atomic E-state index is 12.9. The molecule has 3 rings (SSSR count). The Hall–Kier alpha value is -0.780. The molecular weight excluding hydrogens is 335 g/mol. The van der Waals surface area contributed by atoms with Crippen LogP contribution in [0.2, 0.25) is 0 Å². The highest BCUT2D eigenvalue weighted by Gasteiger charge is 2.34. The highest BCUT2D eigenvalue weighted by Crippen LogP contribution is 2.27. The summed E-state index contributed by atoms with van der Waals surface area (Å²) < 4.78 is 12.9. The van der Waals surface area contributed by atoms with E-state index in [0.717, 1.165) is 23.5 Å². The Bertz CT molecular complexity index is 516. The zero-order valence-corrected chi connectivity index (χ0v) is 14.9. The number of nitrogens with one attached hydrogen (secondary N) is 2. The van der Waals surface area contributed by atoms with Gasteiger partial charge in [-0.2, -0.15) is 0 Å². The molecule has 2 fully saturated rings. The minimum Gasteiger partial charge on any atom is -0.353 e. The molecule has 6 heteroatoms. The van der Waals surface area contributed by atoms with Crippen LogP contribution in [0.4, 0.5) is 4.39 Å². The second-order valence-electron chi connectivity index (χ2n) is 6.48. The van der Waals surface area contributed by atoms with Crippen molar-refractivity contribution in [1.29, 1.82) is 0 Å². The molecule has 0 aromatic heterocycles. The van der Waals surface area contributed by atoms with Crippen molar-refractivity contribution in [3.63, 3.8) is 0 Å². The van der Waals surface area contributed by atoms with E-state index in [0.29, 0.717) is 18.1 Å². The van der Waals surface area contributed by atoms with Gasteiger partial charge in [-0.1, -0.05) is 6.92 Å². The normalized spacial score (nSPS) is 27.1. The second-order valence-corrected chi connectivity index (χ2v) is 7.57. The number of amides is 1. The summed E-state index contributed by atoms with van der Waals surface area (Å²) in [7, 11) is 0. The van der Waals surface area contributed by atoms with Crippen LogP contribution in [-0.4, -0.2) is 29.8 Å². The first-order valence-corrected chi connectivity index (χ1v) is 9.03. The molecule has 2 bridgehead atoms. The van der Waals surface area contributed by atoms with E-state index in [-0.39, 0.29) is 30.0 Å². The molecule has 23 heavy (non-hydrogen) atoms. The lowest BCUT2D eigenvalue weighted by molar-refractivity contribution is -0.124. The number of thioether (sulfide) groups is 1. The van der Waals surface area contributed by atoms with Gasteiger partial charge >= 0.3 is 0 Å². The van der Waals surface area contributed by atoms with Crippen molar-refractivity contribution in [2.75, 3.05) is 5.75 Å². The number of carbonyl (C=O) groups excluding carboxylic acids is 1. The summed E-state index contributed by atoms with van der Waals surface area (Å²) in [6.07, 6.45) is 4.60. The predicted octanol–water partition coefficient (Wildman–Crippen LogP) is 3.37. The molecule has 3 atom stereocenters. The Labute approximate surface area is 147 Å². The molecule has 2 heterocycles. The molecule has 1 amide bonds. The molecule has 2 aliphatic heterocycles. The number of halogens is 2. The monoisotopic (exact) mass is 358 g/mol. The molecule has 0 radical (unpaired) electrons. The first-order valence-electron chi connectivity index (χ1n) is 8.05. The molecule has 0 aliphatic carbocycles. The van der Waals surface area contributed by atoms with Crippen molar-refractivity contribution in [2.24, 2.45) is 5.92 Å². The molecular formula is C17H24ClFN2OS. The van der Waals surface area contributed by atoms with Crippen LogP contribution >= 0.6 is 24.2 Å². The highest BCUT2D eigenvalue weighted by atomic mass is 35.5. The number of fused-ring (bicyclic) bond motifs is 2. The Morgan fingerprint density at radius 2 is 1.91 bits per heavy atom. The van der Waals surface area contributed by atoms with E-state index in [9.17, 15) is 9.18 Å². The van der Waals surface area contributed by atoms with E-state index in [1.807, 2.05) is 6.92 Å². The van der Waals surface area contributed by atoms with Gasteiger partial charge in [0.25, 0.3) is 0 Å². The first-order chi connectivity index (χ1) is 10.6. The van der Waals surface area contributed by atoms with Crippen LogP contribution in [0.3, 0.4) is 0 Å². The number of piperidine rings is 1. The third kappa shape index (κ3) is 5.10. The van der Waals surface area contributed by atoms with Crippen LogP contribution < -0.4 is 10.6 Å². The Morgan fingerprint density at radius 1 is 1.30 bits per heavy atom. The quantitative estimate of drug-likeness (QED) is 0.793. The highest BCUT2D eigenvalue weighted by molar-refractivity contribution is 7.99. The maximum absolute atomic E-state index is 12.9. The summed E-state index contributed by atoms with van der Waals surface area (Å²) in [6, 6.07) is 7.94. The van der Waals surface area contributed by atoms with Gasteiger partial charge < -0.3 is 10.6 Å². The van der Waals surface area contributed by atoms with Gasteiger partial charge in [0.15, 0.2) is 0 Å². The number of hydrogen-bond donors (Lipinski definition) is 2. The molecule has 2 saturated heterocycles. The summed E-state index contributed by atoms with van der Waals surface area (Å²) in [5.41, 5.74) is 0. The average Bonchev–Trinajstić information content (AvgIpc) is 2.85. The van der Waals surface area contributed by atoms with Gasteiger partial charge in [-0.15, -0.1) is 24.2 Å². The zero-order valence-electron chi connectivity index (χ0n) is 13.3. The minimum atomic E-state index is -0.226. The van der Waals surface area contributed by atoms with E-state index in [4.69, 9.17) is 0 Å². The summed E-state index contributed by atoms with van der Waals surface area (Å²) >= 11 is 1.60. The van der Waals surface area contributed by atoms with E-state index in [2.05, 4.69) is 10.6 Å². The van der Waals surface area contributed by atoms with Gasteiger partial charge in [0.2, 0.25) is 5.91 Å². The smallest absolute Gasteiger partial charge is 0.223 e. The van der Waals surface area contributed by atoms with Crippen molar-refractivity contribution in [2.45, 2.75) is 55.6 Å². The van der Waals surface area contributed by atoms with Crippen LogP contribution in [0.5, 0.6) is 0 Å². The average molecular weight is 359 g/mol. The van der Waals surface area contributed by atoms with E-state index in [1.165, 1.54) is 25.0 Å². The van der Waals surface area contributed by atoms with Gasteiger partial charge in [-0.3, -0.25) is 4.79 Å². The molecule has 128 valence electrons. The minimum absolute atomic E-state index is 0. The fraction of sp³-hybridized carbons (Fsp3) is 0.588. The summed E-state index contributed by atoms with van der Waals surface area (Å²) in [5, 5.41) is 6.80. The van der Waals surface area contributed by atoms with Crippen molar-refractivity contribution in [1.82, 2.24) is 10.6 Å². The molecule has 1 aromatic rings. The summed E-state index contributed by atoms with van der Waals surface area (Å²) in [5.74, 6) is 0.592. The largest absolute Gasteiger partial charge is 0.353 e. The lowest BCUT2D eigenvalue weighted by Crippen LogP contribution is -2.49. The van der Waals surface area contributed by atoms with Crippen LogP contribution in [0.1, 0.15) is 32.6 Å². The molecule has 2 aliphatic rings. The Balaban J connectivity index is 0.00000192. The van der Waals surface area contributed by atoms with Crippen LogP contribution in [0.25, 0.3) is 0 Å². The van der Waals surface area contributed by atoms with Gasteiger partial charge in [-0.25, -0.2) is 4.39 Å². The third-order valence-electron chi connectivity index (χ3n) is 4.58. The van der Waals surface area contributed by atoms with Gasteiger partial charge in [0.1, 0.15) is 5.82 Å². The topological polar surface area (TPSA) is 41.1 Å². The van der Waals surface area contributed by atoms with Crippen molar-refractivity contribution in [3.05, 3.63) is 30.1 Å². The summed E-state index contributed by atoms with van der Waals surface area (Å²) in [4.78, 5) is 13.3. The number of benzene rings is 1. The van der Waals surface area contributed by atoms with Crippen molar-refractivity contribution < 1.29 is 9.18 Å². The molecule has 3 unspecified atom stereocenters. The van der Waals surface area contributed by atoms with E-state index in [1.54, 1.807) is 23.9 Å². The molecule has 0 saturated carbocycles. The fourth-order valence-corrected chi connectivity index (χ4v) is 4.27. The predicted molar refractivity (Wildman–Crippen MR) is 94.6 cm³/mol. The van der Waals surface area contributed by atoms with Crippen LogP contribution in [0, 0.1) is 11.7 Å². The van der Waals surface area contributed by atoms with Crippen LogP contribution in [0.15, 0.2) is 29.2 Å². The standard InChI is InChI=1S/C17H23FN2OS.ClH/c1-11(10-22-16-6-2-12(18)3-7-16)17(21)20-15-8-13-4-5-14(9-15)19-13;/h2-3,6-7,11,13-15,19H,4-5,8-10H2,1H3,(H,20,21);1H. The van der Waals surface area contributed by atoms with Crippen molar-refractivity contribution in [3.8, 4) is 0 Å². The number of hydrogen-bond acceptors (Lipinski definition) is 3. The molecule has 1 aromatic carbocycles. The fourth-order valence-electron chi connectivity index (χ4n) is 3.35. The summed E-state index contributed by atoms with van der Waals surface area (Å²) in [6.45, 7) is 1.96. The lowest BCUT2D eigenvalue weighted by atomic mass is 9.99. The SMILES string of the molecule is CC(CSc1ccc(F)cc1)C(=O)NC1CC2CCC(C1)N2.Cl. The van der Waals surface area contributed by atoms with E-state index >= 15 is 0 Å². The first kappa shape index (κ1) is 18.6. The van der Waals surface area contributed by atoms with Gasteiger partial charge in [0, 0.05) is 34.7 Å². The van der Waals surface area contributed by atoms with Gasteiger partial charge in [-0.05, 0) is 49.9 Å². The molecule has 2 N–H and O–H groups in total. The second kappa shape index (κ2) is 8.36. The maximum Gasteiger partial charge on any atom is 0.223 e. The molecule has 3 nitrogen and oxygen atoms in total. The van der Waals surface area contributed by atoms with E-state index < -0.39 is 0 Å². The molecule has 0 spiro atoms. The zero-order chi connectivity index (χ0) is 15.5. The third-order valence-corrected chi connectivity index (χ3v) is 5.85.